The average Bonchev–Trinajstić information content (AvgIpc) is 3.41. The third-order valence-electron chi connectivity index (χ3n) is 6.59. The van der Waals surface area contributed by atoms with Gasteiger partial charge in [0.1, 0.15) is 0 Å². The Labute approximate surface area is 197 Å². The van der Waals surface area contributed by atoms with E-state index in [9.17, 15) is 4.79 Å². The minimum absolute atomic E-state index is 0. The maximum absolute atomic E-state index is 12.3. The average molecular weight is 525 g/mol. The van der Waals surface area contributed by atoms with E-state index in [0.717, 1.165) is 74.6 Å². The fourth-order valence-corrected chi connectivity index (χ4v) is 5.04. The van der Waals surface area contributed by atoms with Crippen LogP contribution in [0.1, 0.15) is 51.0 Å². The zero-order valence-electron chi connectivity index (χ0n) is 18.1. The maximum atomic E-state index is 12.3. The van der Waals surface area contributed by atoms with Gasteiger partial charge in [0.05, 0.1) is 6.54 Å². The highest BCUT2D eigenvalue weighted by atomic mass is 127. The Kier molecular flexibility index (Phi) is 8.65. The fourth-order valence-electron chi connectivity index (χ4n) is 5.04. The van der Waals surface area contributed by atoms with E-state index < -0.39 is 0 Å². The predicted octanol–water partition coefficient (Wildman–Crippen LogP) is 4.52. The summed E-state index contributed by atoms with van der Waals surface area (Å²) in [5.74, 6) is 2.72. The van der Waals surface area contributed by atoms with Gasteiger partial charge >= 0.3 is 6.03 Å². The molecule has 6 nitrogen and oxygen atoms in total. The number of hydrogen-bond acceptors (Lipinski definition) is 2. The van der Waals surface area contributed by atoms with Crippen LogP contribution in [-0.4, -0.2) is 54.5 Å². The molecule has 0 aromatic heterocycles. The molecule has 0 bridgehead atoms. The largest absolute Gasteiger partial charge is 0.357 e. The summed E-state index contributed by atoms with van der Waals surface area (Å²) in [5, 5.41) is 6.53. The first kappa shape index (κ1) is 23.2. The van der Waals surface area contributed by atoms with Crippen LogP contribution in [0.4, 0.5) is 10.5 Å². The van der Waals surface area contributed by atoms with Crippen LogP contribution >= 0.6 is 24.0 Å². The number of carbonyl (C=O) groups is 1. The number of fused-ring (bicyclic) bond motifs is 1. The van der Waals surface area contributed by atoms with E-state index >= 15 is 0 Å². The molecule has 166 valence electrons. The first-order valence-corrected chi connectivity index (χ1v) is 11.4. The van der Waals surface area contributed by atoms with Crippen molar-refractivity contribution in [3.63, 3.8) is 0 Å². The zero-order valence-corrected chi connectivity index (χ0v) is 20.4. The number of likely N-dealkylation sites (tertiary alicyclic amines) is 2. The third-order valence-corrected chi connectivity index (χ3v) is 6.59. The van der Waals surface area contributed by atoms with Crippen LogP contribution in [0.2, 0.25) is 0 Å². The molecular weight excluding hydrogens is 489 g/mol. The van der Waals surface area contributed by atoms with Gasteiger partial charge in [0.25, 0.3) is 0 Å². The summed E-state index contributed by atoms with van der Waals surface area (Å²) in [4.78, 5) is 21.6. The van der Waals surface area contributed by atoms with Crippen molar-refractivity contribution in [2.24, 2.45) is 16.8 Å². The number of carbonyl (C=O) groups excluding carboxylic acids is 1. The van der Waals surface area contributed by atoms with Crippen molar-refractivity contribution in [1.82, 2.24) is 15.1 Å². The number of rotatable bonds is 4. The predicted molar refractivity (Wildman–Crippen MR) is 134 cm³/mol. The first-order valence-electron chi connectivity index (χ1n) is 11.4. The number of nitrogens with one attached hydrogen (secondary N) is 2. The lowest BCUT2D eigenvalue weighted by atomic mass is 9.82. The second kappa shape index (κ2) is 11.2. The Hall–Kier alpha value is -1.51. The van der Waals surface area contributed by atoms with Gasteiger partial charge in [-0.1, -0.05) is 25.0 Å². The standard InChI is InChI=1S/C23H35N5O.HI/c1-2-24-22(28-16-19-9-3-4-10-20(19)17-28)25-15-18-8-7-11-21(14-18)26-23(29)27-12-5-6-13-27;/h7-8,11,14,19-20H,2-6,9-10,12-13,15-17H2,1H3,(H,24,25)(H,26,29);1H. The van der Waals surface area contributed by atoms with Crippen LogP contribution in [0, 0.1) is 11.8 Å². The second-order valence-electron chi connectivity index (χ2n) is 8.70. The van der Waals surface area contributed by atoms with E-state index in [1.807, 2.05) is 23.1 Å². The summed E-state index contributed by atoms with van der Waals surface area (Å²) in [5.41, 5.74) is 1.98. The number of amides is 2. The molecule has 2 heterocycles. The molecule has 1 aliphatic carbocycles. The molecule has 30 heavy (non-hydrogen) atoms. The van der Waals surface area contributed by atoms with Gasteiger partial charge in [0.15, 0.2) is 5.96 Å². The molecule has 2 atom stereocenters. The topological polar surface area (TPSA) is 60.0 Å². The molecule has 1 aromatic rings. The minimum atomic E-state index is 0. The van der Waals surface area contributed by atoms with Crippen molar-refractivity contribution in [1.29, 1.82) is 0 Å². The SMILES string of the molecule is CCNC(=NCc1cccc(NC(=O)N2CCCC2)c1)N1CC2CCCCC2C1.I. The van der Waals surface area contributed by atoms with E-state index in [1.54, 1.807) is 0 Å². The van der Waals surface area contributed by atoms with Crippen LogP contribution < -0.4 is 10.6 Å². The van der Waals surface area contributed by atoms with E-state index in [1.165, 1.54) is 25.7 Å². The maximum Gasteiger partial charge on any atom is 0.321 e. The summed E-state index contributed by atoms with van der Waals surface area (Å²) >= 11 is 0. The highest BCUT2D eigenvalue weighted by Gasteiger charge is 2.35. The fraction of sp³-hybridized carbons (Fsp3) is 0.652. The van der Waals surface area contributed by atoms with Gasteiger partial charge in [-0.2, -0.15) is 0 Å². The molecule has 3 aliphatic rings. The van der Waals surface area contributed by atoms with Gasteiger partial charge in [-0.05, 0) is 62.1 Å². The molecule has 2 unspecified atom stereocenters. The number of hydrogen-bond donors (Lipinski definition) is 2. The van der Waals surface area contributed by atoms with Crippen LogP contribution in [0.15, 0.2) is 29.3 Å². The molecule has 3 fully saturated rings. The van der Waals surface area contributed by atoms with Crippen molar-refractivity contribution < 1.29 is 4.79 Å². The number of guanidine groups is 1. The molecule has 0 radical (unpaired) electrons. The summed E-state index contributed by atoms with van der Waals surface area (Å²) in [6.07, 6.45) is 7.73. The monoisotopic (exact) mass is 525 g/mol. The number of urea groups is 1. The molecule has 2 aliphatic heterocycles. The summed E-state index contributed by atoms with van der Waals surface area (Å²) in [6.45, 7) is 7.65. The van der Waals surface area contributed by atoms with Crippen LogP contribution in [0.25, 0.3) is 0 Å². The summed E-state index contributed by atoms with van der Waals surface area (Å²) in [7, 11) is 0. The number of anilines is 1. The Morgan fingerprint density at radius 2 is 1.77 bits per heavy atom. The lowest BCUT2D eigenvalue weighted by Crippen LogP contribution is -2.40. The lowest BCUT2D eigenvalue weighted by molar-refractivity contribution is 0.222. The van der Waals surface area contributed by atoms with Crippen LogP contribution in [0.3, 0.4) is 0 Å². The smallest absolute Gasteiger partial charge is 0.321 e. The van der Waals surface area contributed by atoms with Crippen molar-refractivity contribution in [3.8, 4) is 0 Å². The molecule has 2 amide bonds. The summed E-state index contributed by atoms with van der Waals surface area (Å²) < 4.78 is 0. The molecule has 4 rings (SSSR count). The van der Waals surface area contributed by atoms with E-state index in [2.05, 4.69) is 28.5 Å². The van der Waals surface area contributed by atoms with Crippen molar-refractivity contribution in [3.05, 3.63) is 29.8 Å². The molecule has 0 spiro atoms. The van der Waals surface area contributed by atoms with Crippen molar-refractivity contribution in [2.45, 2.75) is 52.0 Å². The molecule has 2 saturated heterocycles. The van der Waals surface area contributed by atoms with Gasteiger partial charge in [0.2, 0.25) is 0 Å². The van der Waals surface area contributed by atoms with Gasteiger partial charge < -0.3 is 20.4 Å². The summed E-state index contributed by atoms with van der Waals surface area (Å²) in [6, 6.07) is 8.10. The normalized spacial score (nSPS) is 23.7. The van der Waals surface area contributed by atoms with Crippen molar-refractivity contribution >= 4 is 41.7 Å². The van der Waals surface area contributed by atoms with Crippen molar-refractivity contribution in [2.75, 3.05) is 38.0 Å². The number of halogens is 1. The zero-order chi connectivity index (χ0) is 20.1. The van der Waals surface area contributed by atoms with Crippen LogP contribution in [-0.2, 0) is 6.54 Å². The highest BCUT2D eigenvalue weighted by molar-refractivity contribution is 14.0. The van der Waals surface area contributed by atoms with Gasteiger partial charge in [-0.25, -0.2) is 9.79 Å². The molecule has 1 saturated carbocycles. The minimum Gasteiger partial charge on any atom is -0.357 e. The third kappa shape index (κ3) is 5.80. The molecule has 2 N–H and O–H groups in total. The Bertz CT molecular complexity index is 720. The number of aliphatic imine (C=N–C) groups is 1. The second-order valence-corrected chi connectivity index (χ2v) is 8.70. The first-order chi connectivity index (χ1) is 14.2. The number of benzene rings is 1. The quantitative estimate of drug-likeness (QED) is 0.345. The molecule has 7 heteroatoms. The Morgan fingerprint density at radius 3 is 2.43 bits per heavy atom. The van der Waals surface area contributed by atoms with Gasteiger partial charge in [-0.15, -0.1) is 24.0 Å². The van der Waals surface area contributed by atoms with Gasteiger partial charge in [0, 0.05) is 38.4 Å². The molecular formula is C23H36IN5O. The van der Waals surface area contributed by atoms with Gasteiger partial charge in [-0.3, -0.25) is 0 Å². The molecule has 1 aromatic carbocycles. The Morgan fingerprint density at radius 1 is 1.07 bits per heavy atom. The van der Waals surface area contributed by atoms with E-state index in [-0.39, 0.29) is 30.0 Å². The highest BCUT2D eigenvalue weighted by Crippen LogP contribution is 2.36. The van der Waals surface area contributed by atoms with E-state index in [0.29, 0.717) is 6.54 Å². The van der Waals surface area contributed by atoms with E-state index in [4.69, 9.17) is 4.99 Å². The Balaban J connectivity index is 0.00000256. The lowest BCUT2D eigenvalue weighted by Gasteiger charge is -2.22. The van der Waals surface area contributed by atoms with Crippen LogP contribution in [0.5, 0.6) is 0 Å². The number of nitrogens with zero attached hydrogens (tertiary/aromatic N) is 3.